The first-order chi connectivity index (χ1) is 16.1. The van der Waals surface area contributed by atoms with Crippen molar-refractivity contribution in [3.8, 4) is 11.5 Å². The van der Waals surface area contributed by atoms with Crippen LogP contribution < -0.4 is 20.1 Å². The molecule has 0 bridgehead atoms. The molecule has 3 aromatic rings. The molecular formula is C23H32N6O3S. The summed E-state index contributed by atoms with van der Waals surface area (Å²) in [5.41, 5.74) is 0.766. The van der Waals surface area contributed by atoms with E-state index in [1.807, 2.05) is 19.1 Å². The van der Waals surface area contributed by atoms with Crippen LogP contribution in [-0.4, -0.2) is 57.7 Å². The van der Waals surface area contributed by atoms with Crippen LogP contribution >= 0.6 is 11.8 Å². The summed E-state index contributed by atoms with van der Waals surface area (Å²) in [6.07, 6.45) is 3.83. The van der Waals surface area contributed by atoms with Gasteiger partial charge in [-0.05, 0) is 44.0 Å². The molecule has 0 aliphatic carbocycles. The van der Waals surface area contributed by atoms with E-state index in [4.69, 9.17) is 14.5 Å². The summed E-state index contributed by atoms with van der Waals surface area (Å²) < 4.78 is 12.7. The fourth-order valence-corrected chi connectivity index (χ4v) is 3.73. The number of carbonyl (C=O) groups is 1. The molecule has 2 heterocycles. The first kappa shape index (κ1) is 24.6. The van der Waals surface area contributed by atoms with Crippen LogP contribution in [0.4, 0.5) is 5.82 Å². The number of rotatable bonds is 14. The molecule has 0 spiro atoms. The van der Waals surface area contributed by atoms with Crippen molar-refractivity contribution < 1.29 is 14.3 Å². The number of nitrogens with zero attached hydrogens (tertiary/aromatic N) is 4. The minimum absolute atomic E-state index is 0.0566. The molecule has 33 heavy (non-hydrogen) atoms. The van der Waals surface area contributed by atoms with E-state index in [0.29, 0.717) is 25.4 Å². The number of thioether (sulfide) groups is 1. The Morgan fingerprint density at radius 1 is 1.03 bits per heavy atom. The van der Waals surface area contributed by atoms with Crippen LogP contribution in [0.15, 0.2) is 35.6 Å². The van der Waals surface area contributed by atoms with Gasteiger partial charge in [-0.3, -0.25) is 4.79 Å². The largest absolute Gasteiger partial charge is 0.494 e. The van der Waals surface area contributed by atoms with Gasteiger partial charge in [0.25, 0.3) is 5.91 Å². The van der Waals surface area contributed by atoms with E-state index in [1.54, 1.807) is 34.8 Å². The summed E-state index contributed by atoms with van der Waals surface area (Å²) in [6.45, 7) is 8.48. The lowest BCUT2D eigenvalue weighted by molar-refractivity contribution is -0.123. The summed E-state index contributed by atoms with van der Waals surface area (Å²) in [5, 5.41) is 12.3. The molecule has 3 rings (SSSR count). The number of hydrogen-bond donors (Lipinski definition) is 2. The zero-order valence-electron chi connectivity index (χ0n) is 19.5. The molecule has 9 nitrogen and oxygen atoms in total. The van der Waals surface area contributed by atoms with E-state index in [-0.39, 0.29) is 12.5 Å². The van der Waals surface area contributed by atoms with Crippen molar-refractivity contribution in [1.29, 1.82) is 0 Å². The van der Waals surface area contributed by atoms with Crippen LogP contribution in [0, 0.1) is 0 Å². The van der Waals surface area contributed by atoms with Gasteiger partial charge in [0, 0.05) is 18.8 Å². The molecule has 1 amide bonds. The molecule has 10 heteroatoms. The molecule has 0 atom stereocenters. The van der Waals surface area contributed by atoms with Crippen molar-refractivity contribution in [3.05, 3.63) is 30.5 Å². The van der Waals surface area contributed by atoms with Gasteiger partial charge in [0.2, 0.25) is 0 Å². The molecule has 0 fully saturated rings. The Morgan fingerprint density at radius 3 is 2.48 bits per heavy atom. The summed E-state index contributed by atoms with van der Waals surface area (Å²) in [6, 6.07) is 7.20. The Morgan fingerprint density at radius 2 is 1.79 bits per heavy atom. The zero-order chi connectivity index (χ0) is 23.5. The molecule has 0 aliphatic rings. The number of benzene rings is 1. The van der Waals surface area contributed by atoms with Crippen LogP contribution in [0.2, 0.25) is 0 Å². The Bertz CT molecular complexity index is 1020. The third kappa shape index (κ3) is 7.24. The maximum atomic E-state index is 12.2. The van der Waals surface area contributed by atoms with Crippen LogP contribution in [0.1, 0.15) is 33.6 Å². The Kier molecular flexibility index (Phi) is 9.61. The number of fused-ring (bicyclic) bond motifs is 1. The van der Waals surface area contributed by atoms with E-state index in [9.17, 15) is 4.79 Å². The third-order valence-corrected chi connectivity index (χ3v) is 5.66. The van der Waals surface area contributed by atoms with Gasteiger partial charge in [-0.1, -0.05) is 25.6 Å². The fourth-order valence-electron chi connectivity index (χ4n) is 3.03. The Hall–Kier alpha value is -3.01. The van der Waals surface area contributed by atoms with Gasteiger partial charge >= 0.3 is 0 Å². The molecule has 178 valence electrons. The molecule has 0 aliphatic heterocycles. The molecule has 2 N–H and O–H groups in total. The lowest BCUT2D eigenvalue weighted by atomic mass is 10.3. The first-order valence-corrected chi connectivity index (χ1v) is 12.4. The highest BCUT2D eigenvalue weighted by molar-refractivity contribution is 7.99. The van der Waals surface area contributed by atoms with Crippen LogP contribution in [0.3, 0.4) is 0 Å². The normalized spacial score (nSPS) is 10.9. The highest BCUT2D eigenvalue weighted by atomic mass is 32.2. The second-order valence-corrected chi connectivity index (χ2v) is 8.34. The topological polar surface area (TPSA) is 103 Å². The highest BCUT2D eigenvalue weighted by Gasteiger charge is 2.13. The highest BCUT2D eigenvalue weighted by Crippen LogP contribution is 2.24. The number of aromatic nitrogens is 4. The van der Waals surface area contributed by atoms with E-state index >= 15 is 0 Å². The van der Waals surface area contributed by atoms with Crippen molar-refractivity contribution in [2.75, 3.05) is 37.4 Å². The van der Waals surface area contributed by atoms with Crippen molar-refractivity contribution in [2.45, 2.75) is 45.3 Å². The van der Waals surface area contributed by atoms with E-state index < -0.39 is 0 Å². The molecule has 0 radical (unpaired) electrons. The third-order valence-electron chi connectivity index (χ3n) is 4.60. The first-order valence-electron chi connectivity index (χ1n) is 11.4. The van der Waals surface area contributed by atoms with Gasteiger partial charge in [0.05, 0.1) is 24.7 Å². The Balaban J connectivity index is 1.55. The van der Waals surface area contributed by atoms with Crippen molar-refractivity contribution in [1.82, 2.24) is 25.1 Å². The van der Waals surface area contributed by atoms with Crippen molar-refractivity contribution in [2.24, 2.45) is 0 Å². The van der Waals surface area contributed by atoms with Crippen LogP contribution in [-0.2, 0) is 11.3 Å². The monoisotopic (exact) mass is 472 g/mol. The minimum atomic E-state index is -0.195. The van der Waals surface area contributed by atoms with E-state index in [1.165, 1.54) is 0 Å². The SMILES string of the molecule is CCCNc1nc(SCCC)nc2c1cnn2CCNC(=O)COc1ccc(OCC)cc1. The molecule has 2 aromatic heterocycles. The van der Waals surface area contributed by atoms with Gasteiger partial charge in [0.15, 0.2) is 17.4 Å². The average molecular weight is 473 g/mol. The molecular weight excluding hydrogens is 440 g/mol. The van der Waals surface area contributed by atoms with Gasteiger partial charge in [-0.2, -0.15) is 5.10 Å². The smallest absolute Gasteiger partial charge is 0.258 e. The number of hydrogen-bond acceptors (Lipinski definition) is 8. The quantitative estimate of drug-likeness (QED) is 0.270. The van der Waals surface area contributed by atoms with Crippen molar-refractivity contribution >= 4 is 34.5 Å². The van der Waals surface area contributed by atoms with E-state index in [2.05, 4.69) is 34.6 Å². The van der Waals surface area contributed by atoms with Gasteiger partial charge in [-0.25, -0.2) is 14.6 Å². The number of carbonyl (C=O) groups excluding carboxylic acids is 1. The predicted octanol–water partition coefficient (Wildman–Crippen LogP) is 3.74. The molecule has 0 saturated carbocycles. The Labute approximate surface area is 198 Å². The number of amides is 1. The number of ether oxygens (including phenoxy) is 2. The van der Waals surface area contributed by atoms with E-state index in [0.717, 1.165) is 52.9 Å². The van der Waals surface area contributed by atoms with Gasteiger partial charge in [-0.15, -0.1) is 0 Å². The lowest BCUT2D eigenvalue weighted by Gasteiger charge is -2.10. The maximum Gasteiger partial charge on any atom is 0.258 e. The molecule has 1 aromatic carbocycles. The minimum Gasteiger partial charge on any atom is -0.494 e. The fraction of sp³-hybridized carbons (Fsp3) is 0.478. The summed E-state index contributed by atoms with van der Waals surface area (Å²) >= 11 is 1.63. The summed E-state index contributed by atoms with van der Waals surface area (Å²) in [7, 11) is 0. The van der Waals surface area contributed by atoms with Crippen molar-refractivity contribution in [3.63, 3.8) is 0 Å². The standard InChI is InChI=1S/C23H32N6O3S/c1-4-11-25-21-19-15-26-29(22(19)28-23(27-21)33-14-5-2)13-12-24-20(30)16-32-18-9-7-17(8-10-18)31-6-3/h7-10,15H,4-6,11-14,16H2,1-3H3,(H,24,30)(H,25,27,28). The number of anilines is 1. The zero-order valence-corrected chi connectivity index (χ0v) is 20.3. The van der Waals surface area contributed by atoms with Gasteiger partial charge < -0.3 is 20.1 Å². The second-order valence-electron chi connectivity index (χ2n) is 7.28. The van der Waals surface area contributed by atoms with Crippen LogP contribution in [0.5, 0.6) is 11.5 Å². The number of nitrogens with one attached hydrogen (secondary N) is 2. The van der Waals surface area contributed by atoms with Crippen LogP contribution in [0.25, 0.3) is 11.0 Å². The summed E-state index contributed by atoms with van der Waals surface area (Å²) in [5.74, 6) is 2.96. The average Bonchev–Trinajstić information content (AvgIpc) is 3.24. The second kappa shape index (κ2) is 12.9. The summed E-state index contributed by atoms with van der Waals surface area (Å²) in [4.78, 5) is 21.6. The van der Waals surface area contributed by atoms with Gasteiger partial charge in [0.1, 0.15) is 17.3 Å². The molecule has 0 unspecified atom stereocenters. The maximum absolute atomic E-state index is 12.2. The lowest BCUT2D eigenvalue weighted by Crippen LogP contribution is -2.31. The predicted molar refractivity (Wildman–Crippen MR) is 131 cm³/mol. The molecule has 0 saturated heterocycles.